The summed E-state index contributed by atoms with van der Waals surface area (Å²) in [6, 6.07) is 16.0. The van der Waals surface area contributed by atoms with E-state index in [1.54, 1.807) is 23.0 Å². The van der Waals surface area contributed by atoms with Crippen molar-refractivity contribution in [3.05, 3.63) is 84.5 Å². The number of halogens is 1. The van der Waals surface area contributed by atoms with Gasteiger partial charge in [0.25, 0.3) is 0 Å². The number of carboxylic acid groups (broad SMARTS) is 1. The van der Waals surface area contributed by atoms with E-state index in [1.165, 1.54) is 12.1 Å². The summed E-state index contributed by atoms with van der Waals surface area (Å²) >= 11 is 0. The molecule has 0 radical (unpaired) electrons. The lowest BCUT2D eigenvalue weighted by Gasteiger charge is -2.23. The molecule has 6 nitrogen and oxygen atoms in total. The highest BCUT2D eigenvalue weighted by Crippen LogP contribution is 2.26. The Hall–Kier alpha value is -3.45. The van der Waals surface area contributed by atoms with Crippen LogP contribution in [-0.4, -0.2) is 45.0 Å². The zero-order chi connectivity index (χ0) is 21.6. The number of nitrogens with zero attached hydrogens (tertiary/aromatic N) is 3. The molecule has 160 valence electrons. The highest BCUT2D eigenvalue weighted by molar-refractivity contribution is 5.79. The minimum atomic E-state index is -1.00. The summed E-state index contributed by atoms with van der Waals surface area (Å²) in [7, 11) is 0. The van der Waals surface area contributed by atoms with Crippen LogP contribution in [0, 0.1) is 5.82 Å². The van der Waals surface area contributed by atoms with Crippen molar-refractivity contribution in [3.8, 4) is 16.9 Å². The van der Waals surface area contributed by atoms with E-state index < -0.39 is 5.97 Å². The summed E-state index contributed by atoms with van der Waals surface area (Å²) in [6.45, 7) is 1.76. The second kappa shape index (κ2) is 9.57. The molecular formula is C24H24FN3O3. The molecular weight excluding hydrogens is 397 g/mol. The molecule has 1 N–H and O–H groups in total. The van der Waals surface area contributed by atoms with Gasteiger partial charge in [0.15, 0.2) is 0 Å². The lowest BCUT2D eigenvalue weighted by Crippen LogP contribution is -2.28. The summed E-state index contributed by atoms with van der Waals surface area (Å²) < 4.78 is 21.0. The van der Waals surface area contributed by atoms with Crippen LogP contribution in [0.2, 0.25) is 0 Å². The first kappa shape index (κ1) is 20.8. The monoisotopic (exact) mass is 421 g/mol. The Labute approximate surface area is 180 Å². The highest BCUT2D eigenvalue weighted by Gasteiger charge is 2.20. The Kier molecular flexibility index (Phi) is 6.43. The fraction of sp³-hybridized carbons (Fsp3) is 0.250. The first-order valence-corrected chi connectivity index (χ1v) is 10.2. The molecule has 1 aromatic heterocycles. The Morgan fingerprint density at radius 1 is 1.23 bits per heavy atom. The van der Waals surface area contributed by atoms with Crippen molar-refractivity contribution in [1.82, 2.24) is 14.7 Å². The number of rotatable bonds is 8. The number of hydrogen-bond acceptors (Lipinski definition) is 4. The Morgan fingerprint density at radius 2 is 2.00 bits per heavy atom. The number of aromatic nitrogens is 2. The maximum Gasteiger partial charge on any atom is 0.329 e. The molecule has 0 spiro atoms. The predicted molar refractivity (Wildman–Crippen MR) is 115 cm³/mol. The molecule has 7 heteroatoms. The summed E-state index contributed by atoms with van der Waals surface area (Å²) in [5.74, 6) is -1.31. The van der Waals surface area contributed by atoms with E-state index in [0.717, 1.165) is 48.0 Å². The molecule has 3 aromatic rings. The maximum absolute atomic E-state index is 13.5. The van der Waals surface area contributed by atoms with Crippen molar-refractivity contribution in [2.75, 3.05) is 13.2 Å². The summed E-state index contributed by atoms with van der Waals surface area (Å²) in [6.07, 6.45) is 6.67. The second-order valence-corrected chi connectivity index (χ2v) is 7.51. The molecule has 31 heavy (non-hydrogen) atoms. The molecule has 1 atom stereocenters. The molecule has 1 aliphatic rings. The average molecular weight is 421 g/mol. The lowest BCUT2D eigenvalue weighted by molar-refractivity contribution is -0.131. The fourth-order valence-corrected chi connectivity index (χ4v) is 3.71. The zero-order valence-corrected chi connectivity index (χ0v) is 17.0. The van der Waals surface area contributed by atoms with Gasteiger partial charge in [-0.3, -0.25) is 0 Å². The number of carbonyl (C=O) groups is 1. The van der Waals surface area contributed by atoms with E-state index in [0.29, 0.717) is 13.1 Å². The summed E-state index contributed by atoms with van der Waals surface area (Å²) in [5.41, 5.74) is 3.34. The maximum atomic E-state index is 13.5. The molecule has 4 rings (SSSR count). The number of para-hydroxylation sites is 1. The summed E-state index contributed by atoms with van der Waals surface area (Å²) in [4.78, 5) is 13.0. The van der Waals surface area contributed by atoms with Gasteiger partial charge in [0, 0.05) is 49.3 Å². The third kappa shape index (κ3) is 5.38. The molecule has 1 saturated heterocycles. The van der Waals surface area contributed by atoms with Crippen LogP contribution in [0.25, 0.3) is 16.9 Å². The highest BCUT2D eigenvalue weighted by atomic mass is 19.1. The predicted octanol–water partition coefficient (Wildman–Crippen LogP) is 4.26. The molecule has 0 bridgehead atoms. The van der Waals surface area contributed by atoms with Crippen molar-refractivity contribution in [2.24, 2.45) is 0 Å². The van der Waals surface area contributed by atoms with Gasteiger partial charge in [0.2, 0.25) is 0 Å². The van der Waals surface area contributed by atoms with Crippen molar-refractivity contribution >= 4 is 5.97 Å². The molecule has 0 aliphatic carbocycles. The van der Waals surface area contributed by atoms with Crippen molar-refractivity contribution < 1.29 is 19.0 Å². The fourth-order valence-electron chi connectivity index (χ4n) is 3.71. The first-order valence-electron chi connectivity index (χ1n) is 10.2. The van der Waals surface area contributed by atoms with Crippen LogP contribution < -0.4 is 0 Å². The van der Waals surface area contributed by atoms with E-state index in [-0.39, 0.29) is 11.9 Å². The molecule has 0 amide bonds. The Bertz CT molecular complexity index is 1040. The van der Waals surface area contributed by atoms with Gasteiger partial charge in [0.1, 0.15) is 5.82 Å². The molecule has 0 saturated carbocycles. The molecule has 2 aromatic carbocycles. The molecule has 1 aliphatic heterocycles. The van der Waals surface area contributed by atoms with Gasteiger partial charge in [-0.15, -0.1) is 0 Å². The SMILES string of the molecule is O=C(O)/C=C/N(Cc1cn(-c2ccccc2)nc1-c1ccc(F)cc1)C[C@@H]1CCCO1. The van der Waals surface area contributed by atoms with Crippen LogP contribution in [0.5, 0.6) is 0 Å². The second-order valence-electron chi connectivity index (χ2n) is 7.51. The minimum Gasteiger partial charge on any atom is -0.478 e. The number of hydrogen-bond donors (Lipinski definition) is 1. The number of benzene rings is 2. The van der Waals surface area contributed by atoms with Crippen LogP contribution >= 0.6 is 0 Å². The molecule has 1 fully saturated rings. The lowest BCUT2D eigenvalue weighted by atomic mass is 10.1. The average Bonchev–Trinajstić information content (AvgIpc) is 3.43. The quantitative estimate of drug-likeness (QED) is 0.551. The van der Waals surface area contributed by atoms with Crippen LogP contribution in [0.1, 0.15) is 18.4 Å². The third-order valence-corrected chi connectivity index (χ3v) is 5.19. The van der Waals surface area contributed by atoms with Crippen molar-refractivity contribution in [3.63, 3.8) is 0 Å². The number of carboxylic acids is 1. The van der Waals surface area contributed by atoms with Gasteiger partial charge in [-0.2, -0.15) is 5.10 Å². The summed E-state index contributed by atoms with van der Waals surface area (Å²) in [5, 5.41) is 13.9. The zero-order valence-electron chi connectivity index (χ0n) is 17.0. The molecule has 0 unspecified atom stereocenters. The van der Waals surface area contributed by atoms with Crippen molar-refractivity contribution in [2.45, 2.75) is 25.5 Å². The third-order valence-electron chi connectivity index (χ3n) is 5.19. The Balaban J connectivity index is 1.68. The van der Waals surface area contributed by atoms with E-state index in [9.17, 15) is 9.18 Å². The van der Waals surface area contributed by atoms with Crippen molar-refractivity contribution in [1.29, 1.82) is 0 Å². The largest absolute Gasteiger partial charge is 0.478 e. The minimum absolute atomic E-state index is 0.0666. The van der Waals surface area contributed by atoms with E-state index >= 15 is 0 Å². The number of aliphatic carboxylic acids is 1. The topological polar surface area (TPSA) is 67.6 Å². The van der Waals surface area contributed by atoms with Crippen LogP contribution in [0.15, 0.2) is 73.1 Å². The standard InChI is InChI=1S/C24H24FN3O3/c25-20-10-8-18(9-11-20)24-19(16-28(26-24)21-5-2-1-3-6-21)15-27(13-12-23(29)30)17-22-7-4-14-31-22/h1-3,5-6,8-13,16,22H,4,7,14-15,17H2,(H,29,30)/b13-12+/t22-/m0/s1. The smallest absolute Gasteiger partial charge is 0.329 e. The van der Waals surface area contributed by atoms with Gasteiger partial charge >= 0.3 is 5.97 Å². The van der Waals surface area contributed by atoms with Gasteiger partial charge in [0.05, 0.1) is 17.5 Å². The van der Waals surface area contributed by atoms with E-state index in [1.807, 2.05) is 41.4 Å². The van der Waals surface area contributed by atoms with E-state index in [2.05, 4.69) is 0 Å². The Morgan fingerprint density at radius 3 is 2.68 bits per heavy atom. The molecule has 2 heterocycles. The van der Waals surface area contributed by atoms with Gasteiger partial charge < -0.3 is 14.7 Å². The number of ether oxygens (including phenoxy) is 1. The first-order chi connectivity index (χ1) is 15.1. The van der Waals surface area contributed by atoms with Crippen LogP contribution in [0.3, 0.4) is 0 Å². The van der Waals surface area contributed by atoms with Gasteiger partial charge in [-0.1, -0.05) is 18.2 Å². The van der Waals surface area contributed by atoms with Gasteiger partial charge in [-0.05, 0) is 49.2 Å². The van der Waals surface area contributed by atoms with Crippen LogP contribution in [0.4, 0.5) is 4.39 Å². The normalized spacial score (nSPS) is 16.1. The van der Waals surface area contributed by atoms with Gasteiger partial charge in [-0.25, -0.2) is 13.9 Å². The van der Waals surface area contributed by atoms with E-state index in [4.69, 9.17) is 14.9 Å². The van der Waals surface area contributed by atoms with Crippen LogP contribution in [-0.2, 0) is 16.1 Å².